The summed E-state index contributed by atoms with van der Waals surface area (Å²) in [5.41, 5.74) is 0.298. The Morgan fingerprint density at radius 3 is 2.19 bits per heavy atom. The molecule has 0 aliphatic carbocycles. The molecule has 2 unspecified atom stereocenters. The lowest BCUT2D eigenvalue weighted by Gasteiger charge is -2.51. The smallest absolute Gasteiger partial charge is 0.410 e. The lowest BCUT2D eigenvalue weighted by atomic mass is 9.78. The second-order valence-corrected chi connectivity index (χ2v) is 9.50. The molecule has 0 aromatic heterocycles. The number of ether oxygens (including phenoxy) is 2. The average molecular weight is 432 g/mol. The maximum atomic E-state index is 12.8. The summed E-state index contributed by atoms with van der Waals surface area (Å²) in [6.45, 7) is 3.50. The fraction of sp³-hybridized carbons (Fsp3) is 0.731. The fourth-order valence-corrected chi connectivity index (χ4v) is 5.13. The molecule has 2 saturated heterocycles. The van der Waals surface area contributed by atoms with Gasteiger partial charge in [-0.25, -0.2) is 4.79 Å². The first-order chi connectivity index (χ1) is 15.1. The van der Waals surface area contributed by atoms with E-state index in [1.165, 1.54) is 51.4 Å². The molecule has 2 fully saturated rings. The molecule has 2 heterocycles. The van der Waals surface area contributed by atoms with E-state index in [0.29, 0.717) is 26.1 Å². The quantitative estimate of drug-likeness (QED) is 0.423. The first-order valence-corrected chi connectivity index (χ1v) is 12.4. The van der Waals surface area contributed by atoms with E-state index in [1.807, 2.05) is 35.2 Å². The molecule has 3 rings (SSSR count). The molecule has 0 radical (unpaired) electrons. The molecule has 2 bridgehead atoms. The zero-order chi connectivity index (χ0) is 21.9. The van der Waals surface area contributed by atoms with Crippen LogP contribution in [0.25, 0.3) is 0 Å². The van der Waals surface area contributed by atoms with E-state index in [-0.39, 0.29) is 24.8 Å². The molecule has 0 saturated carbocycles. The van der Waals surface area contributed by atoms with Gasteiger partial charge in [-0.05, 0) is 24.8 Å². The standard InChI is InChI=1S/C26H41NO4/c1-2-3-4-5-6-7-8-9-13-16-26(29)17-23-20-30-21-24(18-26)27(23)25(28)31-19-22-14-11-10-12-15-22/h10-12,14-15,23-24,29H,2-9,13,16-21H2,1H3. The Bertz CT molecular complexity index is 636. The summed E-state index contributed by atoms with van der Waals surface area (Å²) in [6.07, 6.45) is 13.2. The van der Waals surface area contributed by atoms with E-state index in [4.69, 9.17) is 9.47 Å². The summed E-state index contributed by atoms with van der Waals surface area (Å²) in [4.78, 5) is 14.6. The molecule has 174 valence electrons. The molecule has 31 heavy (non-hydrogen) atoms. The number of unbranched alkanes of at least 4 members (excludes halogenated alkanes) is 8. The summed E-state index contributed by atoms with van der Waals surface area (Å²) in [5.74, 6) is 0. The van der Waals surface area contributed by atoms with Crippen molar-refractivity contribution in [2.45, 2.75) is 108 Å². The summed E-state index contributed by atoms with van der Waals surface area (Å²) in [6, 6.07) is 9.55. The third-order valence-electron chi connectivity index (χ3n) is 6.80. The highest BCUT2D eigenvalue weighted by Crippen LogP contribution is 2.38. The Hall–Kier alpha value is -1.59. The lowest BCUT2D eigenvalue weighted by Crippen LogP contribution is -2.63. The molecular formula is C26H41NO4. The van der Waals surface area contributed by atoms with Crippen molar-refractivity contribution < 1.29 is 19.4 Å². The van der Waals surface area contributed by atoms with Gasteiger partial charge >= 0.3 is 6.09 Å². The van der Waals surface area contributed by atoms with Crippen molar-refractivity contribution in [1.82, 2.24) is 4.90 Å². The molecular weight excluding hydrogens is 390 g/mol. The molecule has 1 N–H and O–H groups in total. The third-order valence-corrected chi connectivity index (χ3v) is 6.80. The number of nitrogens with zero attached hydrogens (tertiary/aromatic N) is 1. The van der Waals surface area contributed by atoms with E-state index < -0.39 is 5.60 Å². The number of benzene rings is 1. The summed E-state index contributed by atoms with van der Waals surface area (Å²) >= 11 is 0. The monoisotopic (exact) mass is 431 g/mol. The van der Waals surface area contributed by atoms with E-state index in [9.17, 15) is 9.90 Å². The summed E-state index contributed by atoms with van der Waals surface area (Å²) < 4.78 is 11.3. The van der Waals surface area contributed by atoms with Crippen molar-refractivity contribution in [3.63, 3.8) is 0 Å². The van der Waals surface area contributed by atoms with Gasteiger partial charge < -0.3 is 14.6 Å². The highest BCUT2D eigenvalue weighted by molar-refractivity contribution is 5.69. The van der Waals surface area contributed by atoms with Crippen LogP contribution in [0.1, 0.15) is 89.5 Å². The van der Waals surface area contributed by atoms with Crippen LogP contribution in [-0.4, -0.2) is 47.0 Å². The number of piperidine rings is 1. The predicted molar refractivity (Wildman–Crippen MR) is 123 cm³/mol. The summed E-state index contributed by atoms with van der Waals surface area (Å²) in [5, 5.41) is 11.3. The summed E-state index contributed by atoms with van der Waals surface area (Å²) in [7, 11) is 0. The molecule has 2 aliphatic rings. The number of hydrogen-bond donors (Lipinski definition) is 1. The molecule has 1 aromatic carbocycles. The lowest BCUT2D eigenvalue weighted by molar-refractivity contribution is -0.136. The van der Waals surface area contributed by atoms with Crippen LogP contribution >= 0.6 is 0 Å². The Labute approximate surface area is 188 Å². The highest BCUT2D eigenvalue weighted by atomic mass is 16.6. The Kier molecular flexibility index (Phi) is 9.66. The number of carbonyl (C=O) groups is 1. The number of carbonyl (C=O) groups excluding carboxylic acids is 1. The van der Waals surface area contributed by atoms with E-state index in [1.54, 1.807) is 0 Å². The number of morpholine rings is 1. The fourth-order valence-electron chi connectivity index (χ4n) is 5.13. The van der Waals surface area contributed by atoms with Crippen LogP contribution in [-0.2, 0) is 16.1 Å². The van der Waals surface area contributed by atoms with Gasteiger partial charge in [-0.2, -0.15) is 0 Å². The van der Waals surface area contributed by atoms with E-state index in [2.05, 4.69) is 6.92 Å². The van der Waals surface area contributed by atoms with Gasteiger partial charge in [0, 0.05) is 0 Å². The average Bonchev–Trinajstić information content (AvgIpc) is 2.76. The van der Waals surface area contributed by atoms with E-state index >= 15 is 0 Å². The van der Waals surface area contributed by atoms with Crippen molar-refractivity contribution >= 4 is 6.09 Å². The second-order valence-electron chi connectivity index (χ2n) is 9.50. The number of aliphatic hydroxyl groups is 1. The molecule has 2 aliphatic heterocycles. The third kappa shape index (κ3) is 7.50. The molecule has 2 atom stereocenters. The molecule has 5 heteroatoms. The van der Waals surface area contributed by atoms with Crippen LogP contribution in [0.2, 0.25) is 0 Å². The maximum Gasteiger partial charge on any atom is 0.410 e. The molecule has 5 nitrogen and oxygen atoms in total. The van der Waals surface area contributed by atoms with Gasteiger partial charge in [0.1, 0.15) is 6.61 Å². The molecule has 0 spiro atoms. The number of rotatable bonds is 12. The van der Waals surface area contributed by atoms with Crippen molar-refractivity contribution in [1.29, 1.82) is 0 Å². The van der Waals surface area contributed by atoms with E-state index in [0.717, 1.165) is 18.4 Å². The normalized spacial score (nSPS) is 25.4. The Balaban J connectivity index is 1.40. The van der Waals surface area contributed by atoms with Crippen molar-refractivity contribution in [2.75, 3.05) is 13.2 Å². The van der Waals surface area contributed by atoms with Crippen LogP contribution in [0.3, 0.4) is 0 Å². The highest BCUT2D eigenvalue weighted by Gasteiger charge is 2.48. The van der Waals surface area contributed by atoms with Crippen LogP contribution in [0.15, 0.2) is 30.3 Å². The Morgan fingerprint density at radius 2 is 1.58 bits per heavy atom. The number of amides is 1. The van der Waals surface area contributed by atoms with Gasteiger partial charge in [0.15, 0.2) is 0 Å². The van der Waals surface area contributed by atoms with Crippen molar-refractivity contribution in [3.8, 4) is 0 Å². The van der Waals surface area contributed by atoms with Gasteiger partial charge in [-0.15, -0.1) is 0 Å². The molecule has 1 aromatic rings. The van der Waals surface area contributed by atoms with Crippen LogP contribution in [0.4, 0.5) is 4.79 Å². The Morgan fingerprint density at radius 1 is 1.00 bits per heavy atom. The van der Waals surface area contributed by atoms with Crippen molar-refractivity contribution in [3.05, 3.63) is 35.9 Å². The predicted octanol–water partition coefficient (Wildman–Crippen LogP) is 5.84. The number of hydrogen-bond acceptors (Lipinski definition) is 4. The minimum Gasteiger partial charge on any atom is -0.445 e. The topological polar surface area (TPSA) is 59.0 Å². The zero-order valence-electron chi connectivity index (χ0n) is 19.3. The first kappa shape index (κ1) is 24.1. The van der Waals surface area contributed by atoms with Gasteiger partial charge in [0.25, 0.3) is 0 Å². The van der Waals surface area contributed by atoms with Crippen LogP contribution < -0.4 is 0 Å². The first-order valence-electron chi connectivity index (χ1n) is 12.4. The minimum absolute atomic E-state index is 0.0978. The SMILES string of the molecule is CCCCCCCCCCCC1(O)CC2COCC(C1)N2C(=O)OCc1ccccc1. The zero-order valence-corrected chi connectivity index (χ0v) is 19.3. The van der Waals surface area contributed by atoms with Gasteiger partial charge in [-0.3, -0.25) is 4.90 Å². The van der Waals surface area contributed by atoms with Gasteiger partial charge in [0.2, 0.25) is 0 Å². The van der Waals surface area contributed by atoms with Gasteiger partial charge in [0.05, 0.1) is 30.9 Å². The van der Waals surface area contributed by atoms with Crippen molar-refractivity contribution in [2.24, 2.45) is 0 Å². The number of fused-ring (bicyclic) bond motifs is 2. The van der Waals surface area contributed by atoms with Crippen LogP contribution in [0, 0.1) is 0 Å². The molecule has 1 amide bonds. The minimum atomic E-state index is -0.684. The van der Waals surface area contributed by atoms with Crippen LogP contribution in [0.5, 0.6) is 0 Å². The van der Waals surface area contributed by atoms with Gasteiger partial charge in [-0.1, -0.05) is 95.0 Å². The largest absolute Gasteiger partial charge is 0.445 e. The second kappa shape index (κ2) is 12.4. The maximum absolute atomic E-state index is 12.8.